The molecular formula is C12H10BrN3O2S. The Morgan fingerprint density at radius 2 is 1.84 bits per heavy atom. The molecule has 0 aliphatic carbocycles. The number of rotatable bonds is 4. The number of hydrazine groups is 1. The summed E-state index contributed by atoms with van der Waals surface area (Å²) in [5, 5.41) is 11.2. The summed E-state index contributed by atoms with van der Waals surface area (Å²) < 4.78 is 0.889. The average Bonchev–Trinajstić information content (AvgIpc) is 2.40. The standard InChI is InChI=1S/C12H10BrN3O2S/c13-8-4-1-2-6-10(8)19-11-7-3-5-9(15-14)12(11)16(17)18/h1-7,15H,14H2. The zero-order chi connectivity index (χ0) is 13.8. The lowest BCUT2D eigenvalue weighted by Gasteiger charge is -2.08. The Balaban J connectivity index is 2.46. The van der Waals surface area contributed by atoms with Gasteiger partial charge in [-0.25, -0.2) is 0 Å². The lowest BCUT2D eigenvalue weighted by molar-refractivity contribution is -0.386. The molecule has 0 aliphatic heterocycles. The smallest absolute Gasteiger partial charge is 0.307 e. The van der Waals surface area contributed by atoms with Gasteiger partial charge in [-0.2, -0.15) is 0 Å². The number of para-hydroxylation sites is 1. The fraction of sp³-hybridized carbons (Fsp3) is 0. The van der Waals surface area contributed by atoms with Crippen molar-refractivity contribution in [2.45, 2.75) is 9.79 Å². The molecule has 0 saturated carbocycles. The molecule has 0 saturated heterocycles. The third-order valence-corrected chi connectivity index (χ3v) is 4.47. The quantitative estimate of drug-likeness (QED) is 0.503. The summed E-state index contributed by atoms with van der Waals surface area (Å²) in [4.78, 5) is 12.2. The minimum atomic E-state index is -0.436. The van der Waals surface area contributed by atoms with Gasteiger partial charge < -0.3 is 5.43 Å². The Morgan fingerprint density at radius 1 is 1.16 bits per heavy atom. The maximum Gasteiger partial charge on any atom is 0.307 e. The van der Waals surface area contributed by atoms with Gasteiger partial charge in [-0.3, -0.25) is 16.0 Å². The Kier molecular flexibility index (Phi) is 4.41. The zero-order valence-electron chi connectivity index (χ0n) is 9.67. The van der Waals surface area contributed by atoms with Crippen molar-refractivity contribution in [3.05, 3.63) is 57.1 Å². The number of nitrogens with two attached hydrogens (primary N) is 1. The van der Waals surface area contributed by atoms with Gasteiger partial charge in [0.05, 0.1) is 9.82 Å². The summed E-state index contributed by atoms with van der Waals surface area (Å²) in [6.45, 7) is 0. The van der Waals surface area contributed by atoms with Crippen LogP contribution in [0.2, 0.25) is 0 Å². The van der Waals surface area contributed by atoms with E-state index in [0.29, 0.717) is 10.6 Å². The molecule has 0 bridgehead atoms. The first-order valence-electron chi connectivity index (χ1n) is 5.30. The van der Waals surface area contributed by atoms with Crippen LogP contribution in [-0.2, 0) is 0 Å². The Hall–Kier alpha value is -1.57. The van der Waals surface area contributed by atoms with Gasteiger partial charge in [0.1, 0.15) is 5.69 Å². The first-order chi connectivity index (χ1) is 9.13. The van der Waals surface area contributed by atoms with Crippen LogP contribution in [0.3, 0.4) is 0 Å². The Morgan fingerprint density at radius 3 is 2.47 bits per heavy atom. The summed E-state index contributed by atoms with van der Waals surface area (Å²) in [6.07, 6.45) is 0. The molecule has 19 heavy (non-hydrogen) atoms. The van der Waals surface area contributed by atoms with E-state index in [0.717, 1.165) is 9.37 Å². The van der Waals surface area contributed by atoms with Crippen LogP contribution in [0.4, 0.5) is 11.4 Å². The minimum absolute atomic E-state index is 0.0225. The van der Waals surface area contributed by atoms with Gasteiger partial charge in [0, 0.05) is 9.37 Å². The predicted molar refractivity (Wildman–Crippen MR) is 79.2 cm³/mol. The highest BCUT2D eigenvalue weighted by molar-refractivity contribution is 9.10. The van der Waals surface area contributed by atoms with Crippen LogP contribution in [-0.4, -0.2) is 4.92 Å². The molecule has 0 atom stereocenters. The minimum Gasteiger partial charge on any atom is -0.318 e. The van der Waals surface area contributed by atoms with E-state index in [9.17, 15) is 10.1 Å². The van der Waals surface area contributed by atoms with Crippen molar-refractivity contribution in [1.82, 2.24) is 0 Å². The van der Waals surface area contributed by atoms with E-state index < -0.39 is 4.92 Å². The van der Waals surface area contributed by atoms with E-state index in [1.54, 1.807) is 18.2 Å². The number of halogens is 1. The Labute approximate surface area is 122 Å². The molecule has 0 unspecified atom stereocenters. The number of nitro benzene ring substituents is 1. The number of nitrogens with zero attached hydrogens (tertiary/aromatic N) is 1. The first-order valence-corrected chi connectivity index (χ1v) is 6.91. The second-order valence-corrected chi connectivity index (χ2v) is 5.52. The molecule has 3 N–H and O–H groups in total. The fourth-order valence-corrected chi connectivity index (χ4v) is 3.06. The third kappa shape index (κ3) is 3.06. The van der Waals surface area contributed by atoms with Crippen LogP contribution in [0.15, 0.2) is 56.7 Å². The number of nitrogen functional groups attached to an aromatic ring is 1. The summed E-state index contributed by atoms with van der Waals surface area (Å²) in [6, 6.07) is 12.5. The molecule has 7 heteroatoms. The predicted octanol–water partition coefficient (Wildman–Crippen LogP) is 3.79. The number of nitrogens with one attached hydrogen (secondary N) is 1. The number of hydrogen-bond acceptors (Lipinski definition) is 5. The summed E-state index contributed by atoms with van der Waals surface area (Å²) in [7, 11) is 0. The van der Waals surface area contributed by atoms with E-state index in [1.165, 1.54) is 11.8 Å². The molecule has 2 aromatic carbocycles. The second-order valence-electron chi connectivity index (χ2n) is 3.59. The first kappa shape index (κ1) is 13.9. The van der Waals surface area contributed by atoms with Gasteiger partial charge >= 0.3 is 5.69 Å². The maximum atomic E-state index is 11.2. The van der Waals surface area contributed by atoms with Gasteiger partial charge in [-0.05, 0) is 40.2 Å². The van der Waals surface area contributed by atoms with E-state index in [1.807, 2.05) is 24.3 Å². The second kappa shape index (κ2) is 6.05. The fourth-order valence-electron chi connectivity index (χ4n) is 1.56. The molecule has 0 heterocycles. The van der Waals surface area contributed by atoms with Gasteiger partial charge in [0.25, 0.3) is 0 Å². The van der Waals surface area contributed by atoms with E-state index in [-0.39, 0.29) is 5.69 Å². The van der Waals surface area contributed by atoms with Crippen molar-refractivity contribution in [1.29, 1.82) is 0 Å². The van der Waals surface area contributed by atoms with Crippen molar-refractivity contribution in [3.8, 4) is 0 Å². The normalized spacial score (nSPS) is 10.2. The highest BCUT2D eigenvalue weighted by Crippen LogP contribution is 2.41. The van der Waals surface area contributed by atoms with Crippen LogP contribution in [0.1, 0.15) is 0 Å². The molecule has 5 nitrogen and oxygen atoms in total. The third-order valence-electron chi connectivity index (χ3n) is 2.39. The molecule has 2 rings (SSSR count). The highest BCUT2D eigenvalue weighted by Gasteiger charge is 2.20. The van der Waals surface area contributed by atoms with Crippen LogP contribution >= 0.6 is 27.7 Å². The molecule has 0 aromatic heterocycles. The van der Waals surface area contributed by atoms with Crippen molar-refractivity contribution < 1.29 is 4.92 Å². The number of anilines is 1. The lowest BCUT2D eigenvalue weighted by Crippen LogP contribution is -2.09. The van der Waals surface area contributed by atoms with Gasteiger partial charge in [-0.15, -0.1) is 0 Å². The van der Waals surface area contributed by atoms with Gasteiger partial charge in [0.2, 0.25) is 0 Å². The summed E-state index contributed by atoms with van der Waals surface area (Å²) in [5.74, 6) is 5.31. The van der Waals surface area contributed by atoms with Crippen molar-refractivity contribution in [2.24, 2.45) is 5.84 Å². The summed E-state index contributed by atoms with van der Waals surface area (Å²) in [5.41, 5.74) is 2.62. The zero-order valence-corrected chi connectivity index (χ0v) is 12.1. The summed E-state index contributed by atoms with van der Waals surface area (Å²) >= 11 is 4.73. The molecule has 0 radical (unpaired) electrons. The molecule has 0 spiro atoms. The lowest BCUT2D eigenvalue weighted by atomic mass is 10.3. The van der Waals surface area contributed by atoms with E-state index >= 15 is 0 Å². The molecule has 98 valence electrons. The highest BCUT2D eigenvalue weighted by atomic mass is 79.9. The monoisotopic (exact) mass is 339 g/mol. The molecule has 0 aliphatic rings. The van der Waals surface area contributed by atoms with Crippen molar-refractivity contribution >= 4 is 39.1 Å². The number of benzene rings is 2. The Bertz CT molecular complexity index is 622. The molecule has 2 aromatic rings. The number of nitro groups is 1. The molecule has 0 amide bonds. The van der Waals surface area contributed by atoms with Crippen LogP contribution in [0, 0.1) is 10.1 Å². The average molecular weight is 340 g/mol. The van der Waals surface area contributed by atoms with Crippen LogP contribution < -0.4 is 11.3 Å². The van der Waals surface area contributed by atoms with Crippen LogP contribution in [0.25, 0.3) is 0 Å². The van der Waals surface area contributed by atoms with E-state index in [4.69, 9.17) is 5.84 Å². The topological polar surface area (TPSA) is 81.2 Å². The number of hydrogen-bond donors (Lipinski definition) is 2. The van der Waals surface area contributed by atoms with Crippen molar-refractivity contribution in [2.75, 3.05) is 5.43 Å². The van der Waals surface area contributed by atoms with E-state index in [2.05, 4.69) is 21.4 Å². The molecular weight excluding hydrogens is 330 g/mol. The SMILES string of the molecule is NNc1cccc(Sc2ccccc2Br)c1[N+](=O)[O-]. The maximum absolute atomic E-state index is 11.2. The van der Waals surface area contributed by atoms with Gasteiger partial charge in [-0.1, -0.05) is 30.0 Å². The van der Waals surface area contributed by atoms with Crippen LogP contribution in [0.5, 0.6) is 0 Å². The van der Waals surface area contributed by atoms with Gasteiger partial charge in [0.15, 0.2) is 0 Å². The molecule has 0 fully saturated rings. The largest absolute Gasteiger partial charge is 0.318 e. The van der Waals surface area contributed by atoms with Crippen molar-refractivity contribution in [3.63, 3.8) is 0 Å².